The van der Waals surface area contributed by atoms with Gasteiger partial charge in [-0.2, -0.15) is 0 Å². The maximum absolute atomic E-state index is 12.2. The van der Waals surface area contributed by atoms with Gasteiger partial charge >= 0.3 is 0 Å². The third kappa shape index (κ3) is 2.55. The Morgan fingerprint density at radius 1 is 1.26 bits per heavy atom. The molecule has 2 aliphatic carbocycles. The summed E-state index contributed by atoms with van der Waals surface area (Å²) in [6.07, 6.45) is 5.25. The van der Waals surface area contributed by atoms with E-state index in [9.17, 15) is 9.59 Å². The molecular weight excluding hydrogens is 260 g/mol. The molecule has 5 heteroatoms. The van der Waals surface area contributed by atoms with Crippen molar-refractivity contribution >= 4 is 22.9 Å². The zero-order chi connectivity index (χ0) is 13.8. The van der Waals surface area contributed by atoms with Crippen molar-refractivity contribution in [3.8, 4) is 0 Å². The third-order valence-electron chi connectivity index (χ3n) is 4.41. The molecule has 1 aliphatic heterocycles. The van der Waals surface area contributed by atoms with E-state index in [-0.39, 0.29) is 11.1 Å². The number of hydrogen-bond acceptors (Lipinski definition) is 4. The first-order valence-corrected chi connectivity index (χ1v) is 7.97. The predicted octanol–water partition coefficient (Wildman–Crippen LogP) is 2.54. The SMILES string of the molecule is CN(CN1C(=O)SC(C)(C)C1=O)C(C1CC1)C1CC1. The lowest BCUT2D eigenvalue weighted by atomic mass is 10.1. The molecule has 1 saturated heterocycles. The second-order valence-electron chi connectivity index (χ2n) is 6.68. The normalized spacial score (nSPS) is 26.9. The number of thioether (sulfide) groups is 1. The largest absolute Gasteiger partial charge is 0.290 e. The molecular formula is C14H22N2O2S. The summed E-state index contributed by atoms with van der Waals surface area (Å²) in [6, 6.07) is 0.578. The number of rotatable bonds is 5. The monoisotopic (exact) mass is 282 g/mol. The summed E-state index contributed by atoms with van der Waals surface area (Å²) in [5.41, 5.74) is 0. The van der Waals surface area contributed by atoms with E-state index in [0.29, 0.717) is 12.7 Å². The molecule has 0 atom stereocenters. The Labute approximate surface area is 118 Å². The molecule has 0 aromatic heterocycles. The van der Waals surface area contributed by atoms with E-state index in [2.05, 4.69) is 11.9 Å². The first-order chi connectivity index (χ1) is 8.90. The second kappa shape index (κ2) is 4.48. The van der Waals surface area contributed by atoms with E-state index in [0.717, 1.165) is 23.6 Å². The molecule has 2 amide bonds. The van der Waals surface area contributed by atoms with Crippen molar-refractivity contribution in [1.82, 2.24) is 9.80 Å². The van der Waals surface area contributed by atoms with E-state index in [1.807, 2.05) is 13.8 Å². The van der Waals surface area contributed by atoms with Crippen LogP contribution in [0.1, 0.15) is 39.5 Å². The molecule has 4 nitrogen and oxygen atoms in total. The highest BCUT2D eigenvalue weighted by molar-refractivity contribution is 8.16. The lowest BCUT2D eigenvalue weighted by Crippen LogP contribution is -2.47. The number of imide groups is 1. The highest BCUT2D eigenvalue weighted by Gasteiger charge is 2.48. The van der Waals surface area contributed by atoms with Crippen molar-refractivity contribution in [3.63, 3.8) is 0 Å². The van der Waals surface area contributed by atoms with Crippen LogP contribution in [0.4, 0.5) is 4.79 Å². The fourth-order valence-electron chi connectivity index (χ4n) is 3.14. The molecule has 2 saturated carbocycles. The molecule has 19 heavy (non-hydrogen) atoms. The van der Waals surface area contributed by atoms with E-state index in [1.54, 1.807) is 0 Å². The summed E-state index contributed by atoms with van der Waals surface area (Å²) >= 11 is 1.15. The summed E-state index contributed by atoms with van der Waals surface area (Å²) in [4.78, 5) is 27.9. The van der Waals surface area contributed by atoms with Crippen molar-refractivity contribution in [2.45, 2.75) is 50.3 Å². The molecule has 0 spiro atoms. The predicted molar refractivity (Wildman–Crippen MR) is 75.8 cm³/mol. The van der Waals surface area contributed by atoms with Crippen LogP contribution < -0.4 is 0 Å². The molecule has 0 unspecified atom stereocenters. The Hall–Kier alpha value is -0.550. The number of carbonyl (C=O) groups is 2. The Kier molecular flexibility index (Phi) is 3.17. The topological polar surface area (TPSA) is 40.6 Å². The quantitative estimate of drug-likeness (QED) is 0.777. The minimum absolute atomic E-state index is 0.0420. The van der Waals surface area contributed by atoms with Crippen LogP contribution in [0.15, 0.2) is 0 Å². The molecule has 1 heterocycles. The van der Waals surface area contributed by atoms with Crippen LogP contribution in [0.25, 0.3) is 0 Å². The summed E-state index contributed by atoms with van der Waals surface area (Å²) in [6.45, 7) is 4.13. The molecule has 3 aliphatic rings. The molecule has 0 aromatic rings. The van der Waals surface area contributed by atoms with Gasteiger partial charge in [0.25, 0.3) is 5.24 Å². The van der Waals surface area contributed by atoms with Crippen LogP contribution in [-0.4, -0.2) is 45.5 Å². The lowest BCUT2D eigenvalue weighted by Gasteiger charge is -2.31. The Morgan fingerprint density at radius 3 is 2.16 bits per heavy atom. The zero-order valence-electron chi connectivity index (χ0n) is 11.9. The molecule has 0 aromatic carbocycles. The van der Waals surface area contributed by atoms with Gasteiger partial charge in [0.05, 0.1) is 11.4 Å². The van der Waals surface area contributed by atoms with E-state index in [4.69, 9.17) is 0 Å². The van der Waals surface area contributed by atoms with Gasteiger partial charge in [-0.1, -0.05) is 0 Å². The molecule has 0 bridgehead atoms. The van der Waals surface area contributed by atoms with Gasteiger partial charge in [-0.3, -0.25) is 19.4 Å². The first kappa shape index (κ1) is 13.4. The van der Waals surface area contributed by atoms with Crippen molar-refractivity contribution in [1.29, 1.82) is 0 Å². The Balaban J connectivity index is 1.67. The smallest absolute Gasteiger partial charge is 0.285 e. The highest BCUT2D eigenvalue weighted by atomic mass is 32.2. The average molecular weight is 282 g/mol. The van der Waals surface area contributed by atoms with Crippen molar-refractivity contribution < 1.29 is 9.59 Å². The average Bonchev–Trinajstić information content (AvgIpc) is 3.17. The van der Waals surface area contributed by atoms with Crippen LogP contribution in [0.3, 0.4) is 0 Å². The summed E-state index contributed by atoms with van der Waals surface area (Å²) < 4.78 is -0.591. The summed E-state index contributed by atoms with van der Waals surface area (Å²) in [5, 5.41) is -0.0906. The maximum Gasteiger partial charge on any atom is 0.290 e. The van der Waals surface area contributed by atoms with Gasteiger partial charge in [0.15, 0.2) is 0 Å². The van der Waals surface area contributed by atoms with E-state index < -0.39 is 4.75 Å². The Bertz CT molecular complexity index is 404. The van der Waals surface area contributed by atoms with Crippen LogP contribution in [-0.2, 0) is 4.79 Å². The van der Waals surface area contributed by atoms with Gasteiger partial charge in [-0.05, 0) is 70.2 Å². The molecule has 106 valence electrons. The first-order valence-electron chi connectivity index (χ1n) is 7.15. The standard InChI is InChI=1S/C14H22N2O2S/c1-14(2)12(17)16(13(18)19-14)8-15(3)11(9-4-5-9)10-6-7-10/h9-11H,4-8H2,1-3H3. The van der Waals surface area contributed by atoms with Gasteiger partial charge in [0, 0.05) is 6.04 Å². The van der Waals surface area contributed by atoms with Gasteiger partial charge in [0.1, 0.15) is 0 Å². The van der Waals surface area contributed by atoms with Crippen LogP contribution in [0, 0.1) is 11.8 Å². The number of carbonyl (C=O) groups excluding carboxylic acids is 2. The fraction of sp³-hybridized carbons (Fsp3) is 0.857. The number of amides is 2. The molecule has 0 N–H and O–H groups in total. The second-order valence-corrected chi connectivity index (χ2v) is 8.25. The lowest BCUT2D eigenvalue weighted by molar-refractivity contribution is -0.130. The van der Waals surface area contributed by atoms with E-state index in [1.165, 1.54) is 30.6 Å². The summed E-state index contributed by atoms with van der Waals surface area (Å²) in [5.74, 6) is 1.55. The maximum atomic E-state index is 12.2. The number of hydrogen-bond donors (Lipinski definition) is 0. The minimum Gasteiger partial charge on any atom is -0.285 e. The molecule has 3 rings (SSSR count). The molecule has 0 radical (unpaired) electrons. The molecule has 3 fully saturated rings. The zero-order valence-corrected chi connectivity index (χ0v) is 12.7. The minimum atomic E-state index is -0.591. The van der Waals surface area contributed by atoms with Crippen LogP contribution in [0.5, 0.6) is 0 Å². The van der Waals surface area contributed by atoms with Gasteiger partial charge < -0.3 is 0 Å². The van der Waals surface area contributed by atoms with Gasteiger partial charge in [-0.15, -0.1) is 0 Å². The Morgan fingerprint density at radius 2 is 1.79 bits per heavy atom. The van der Waals surface area contributed by atoms with Crippen molar-refractivity contribution in [2.75, 3.05) is 13.7 Å². The van der Waals surface area contributed by atoms with Gasteiger partial charge in [-0.25, -0.2) is 0 Å². The third-order valence-corrected chi connectivity index (χ3v) is 5.49. The number of nitrogens with zero attached hydrogens (tertiary/aromatic N) is 2. The van der Waals surface area contributed by atoms with Crippen molar-refractivity contribution in [2.24, 2.45) is 11.8 Å². The van der Waals surface area contributed by atoms with Crippen LogP contribution in [0.2, 0.25) is 0 Å². The van der Waals surface area contributed by atoms with E-state index >= 15 is 0 Å². The summed E-state index contributed by atoms with van der Waals surface area (Å²) in [7, 11) is 2.07. The van der Waals surface area contributed by atoms with Crippen molar-refractivity contribution in [3.05, 3.63) is 0 Å². The van der Waals surface area contributed by atoms with Gasteiger partial charge in [0.2, 0.25) is 5.91 Å². The highest BCUT2D eigenvalue weighted by Crippen LogP contribution is 2.47. The van der Waals surface area contributed by atoms with Crippen LogP contribution >= 0.6 is 11.8 Å². The fourth-order valence-corrected chi connectivity index (χ4v) is 4.03.